The van der Waals surface area contributed by atoms with E-state index in [-0.39, 0.29) is 0 Å². The molecule has 0 radical (unpaired) electrons. The fraction of sp³-hybridized carbons (Fsp3) is 0.200. The van der Waals surface area contributed by atoms with Crippen molar-refractivity contribution < 1.29 is 4.42 Å². The van der Waals surface area contributed by atoms with Crippen LogP contribution in [0.5, 0.6) is 0 Å². The van der Waals surface area contributed by atoms with E-state index in [4.69, 9.17) is 16.6 Å². The predicted molar refractivity (Wildman–Crippen MR) is 56.6 cm³/mol. The zero-order valence-corrected chi connectivity index (χ0v) is 8.81. The lowest BCUT2D eigenvalue weighted by molar-refractivity contribution is 0.576. The van der Waals surface area contributed by atoms with Crippen LogP contribution in [0, 0.1) is 18.5 Å². The Kier molecular flexibility index (Phi) is 2.21. The summed E-state index contributed by atoms with van der Waals surface area (Å²) in [5.41, 5.74) is 2.03. The van der Waals surface area contributed by atoms with Crippen LogP contribution in [0.1, 0.15) is 11.3 Å². The number of nitrogens with one attached hydrogen (secondary N) is 1. The van der Waals surface area contributed by atoms with Crippen LogP contribution in [0.15, 0.2) is 22.8 Å². The molecule has 1 N–H and O–H groups in total. The molecule has 72 valence electrons. The Morgan fingerprint density at radius 3 is 2.79 bits per heavy atom. The molecule has 2 rings (SSSR count). The van der Waals surface area contributed by atoms with E-state index < -0.39 is 0 Å². The van der Waals surface area contributed by atoms with Gasteiger partial charge in [-0.1, -0.05) is 12.2 Å². The highest BCUT2D eigenvalue weighted by atomic mass is 32.1. The lowest BCUT2D eigenvalue weighted by Crippen LogP contribution is -1.95. The minimum Gasteiger partial charge on any atom is -0.461 e. The molecular weight excluding hydrogens is 196 g/mol. The highest BCUT2D eigenvalue weighted by Crippen LogP contribution is 2.16. The zero-order valence-electron chi connectivity index (χ0n) is 8.00. The van der Waals surface area contributed by atoms with Crippen LogP contribution >= 0.6 is 12.2 Å². The van der Waals surface area contributed by atoms with Gasteiger partial charge in [-0.3, -0.25) is 0 Å². The number of aryl methyl sites for hydroxylation is 1. The van der Waals surface area contributed by atoms with Crippen LogP contribution in [0.25, 0.3) is 11.6 Å². The molecule has 0 amide bonds. The SMILES string of the molecule is Cc1[nH]c(-c2ccco2)nc(=S)c1C. The average molecular weight is 206 g/mol. The first-order valence-corrected chi connectivity index (χ1v) is 4.70. The van der Waals surface area contributed by atoms with Gasteiger partial charge in [-0.25, -0.2) is 4.98 Å². The Bertz CT molecular complexity index is 499. The summed E-state index contributed by atoms with van der Waals surface area (Å²) in [5, 5.41) is 0. The van der Waals surface area contributed by atoms with E-state index in [1.54, 1.807) is 6.26 Å². The lowest BCUT2D eigenvalue weighted by Gasteiger charge is -2.02. The summed E-state index contributed by atoms with van der Waals surface area (Å²) in [5.74, 6) is 1.39. The van der Waals surface area contributed by atoms with Gasteiger partial charge in [-0.2, -0.15) is 0 Å². The van der Waals surface area contributed by atoms with Gasteiger partial charge >= 0.3 is 0 Å². The number of aromatic amines is 1. The summed E-state index contributed by atoms with van der Waals surface area (Å²) in [6, 6.07) is 3.67. The Morgan fingerprint density at radius 1 is 1.43 bits per heavy atom. The fourth-order valence-corrected chi connectivity index (χ4v) is 1.42. The molecule has 0 unspecified atom stereocenters. The van der Waals surface area contributed by atoms with Gasteiger partial charge in [0, 0.05) is 11.3 Å². The van der Waals surface area contributed by atoms with Gasteiger partial charge in [0.1, 0.15) is 4.64 Å². The van der Waals surface area contributed by atoms with E-state index >= 15 is 0 Å². The van der Waals surface area contributed by atoms with E-state index in [1.165, 1.54) is 0 Å². The Labute approximate surface area is 86.8 Å². The lowest BCUT2D eigenvalue weighted by atomic mass is 10.2. The topological polar surface area (TPSA) is 41.8 Å². The molecule has 0 fully saturated rings. The van der Waals surface area contributed by atoms with E-state index in [2.05, 4.69) is 9.97 Å². The quantitative estimate of drug-likeness (QED) is 0.729. The summed E-state index contributed by atoms with van der Waals surface area (Å²) in [6.07, 6.45) is 1.61. The van der Waals surface area contributed by atoms with Crippen LogP contribution < -0.4 is 0 Å². The smallest absolute Gasteiger partial charge is 0.175 e. The highest BCUT2D eigenvalue weighted by molar-refractivity contribution is 7.71. The molecule has 0 aliphatic heterocycles. The normalized spacial score (nSPS) is 10.4. The van der Waals surface area contributed by atoms with Crippen LogP contribution in [0.3, 0.4) is 0 Å². The molecule has 4 heteroatoms. The molecule has 0 aromatic carbocycles. The second-order valence-corrected chi connectivity index (χ2v) is 3.50. The van der Waals surface area contributed by atoms with Gasteiger partial charge in [0.25, 0.3) is 0 Å². The zero-order chi connectivity index (χ0) is 10.1. The number of nitrogens with zero attached hydrogens (tertiary/aromatic N) is 1. The predicted octanol–water partition coefficient (Wildman–Crippen LogP) is 3.02. The third-order valence-electron chi connectivity index (χ3n) is 2.16. The largest absolute Gasteiger partial charge is 0.461 e. The van der Waals surface area contributed by atoms with Crippen molar-refractivity contribution in [1.82, 2.24) is 9.97 Å². The van der Waals surface area contributed by atoms with Crippen molar-refractivity contribution in [1.29, 1.82) is 0 Å². The third-order valence-corrected chi connectivity index (χ3v) is 2.55. The summed E-state index contributed by atoms with van der Waals surface area (Å²) in [4.78, 5) is 7.39. The second kappa shape index (κ2) is 3.38. The monoisotopic (exact) mass is 206 g/mol. The summed E-state index contributed by atoms with van der Waals surface area (Å²) in [7, 11) is 0. The number of hydrogen-bond donors (Lipinski definition) is 1. The highest BCUT2D eigenvalue weighted by Gasteiger charge is 2.05. The molecule has 2 aromatic heterocycles. The van der Waals surface area contributed by atoms with Crippen molar-refractivity contribution in [3.05, 3.63) is 34.3 Å². The first-order valence-electron chi connectivity index (χ1n) is 4.30. The number of aromatic nitrogens is 2. The van der Waals surface area contributed by atoms with E-state index in [9.17, 15) is 0 Å². The third kappa shape index (κ3) is 1.48. The van der Waals surface area contributed by atoms with Crippen LogP contribution in [-0.4, -0.2) is 9.97 Å². The Morgan fingerprint density at radius 2 is 2.21 bits per heavy atom. The van der Waals surface area contributed by atoms with Gasteiger partial charge in [-0.05, 0) is 26.0 Å². The molecule has 0 saturated carbocycles. The van der Waals surface area contributed by atoms with Crippen molar-refractivity contribution in [2.45, 2.75) is 13.8 Å². The molecule has 3 nitrogen and oxygen atoms in total. The molecule has 0 aliphatic rings. The Hall–Kier alpha value is -1.42. The molecular formula is C10H10N2OS. The fourth-order valence-electron chi connectivity index (χ4n) is 1.18. The summed E-state index contributed by atoms with van der Waals surface area (Å²) in [6.45, 7) is 3.92. The molecule has 2 aromatic rings. The standard InChI is InChI=1S/C10H10N2OS/c1-6-7(2)11-9(12-10(6)14)8-4-3-5-13-8/h3-5H,1-2H3,(H,11,12,14). The minimum absolute atomic E-state index is 0.618. The van der Waals surface area contributed by atoms with Crippen molar-refractivity contribution in [2.75, 3.05) is 0 Å². The van der Waals surface area contributed by atoms with E-state index in [1.807, 2.05) is 26.0 Å². The molecule has 0 spiro atoms. The van der Waals surface area contributed by atoms with Crippen LogP contribution in [-0.2, 0) is 0 Å². The van der Waals surface area contributed by atoms with E-state index in [0.717, 1.165) is 11.3 Å². The summed E-state index contributed by atoms with van der Waals surface area (Å²) < 4.78 is 5.85. The van der Waals surface area contributed by atoms with Crippen molar-refractivity contribution in [3.8, 4) is 11.6 Å². The van der Waals surface area contributed by atoms with Gasteiger partial charge in [0.15, 0.2) is 11.6 Å². The van der Waals surface area contributed by atoms with E-state index in [0.29, 0.717) is 16.2 Å². The van der Waals surface area contributed by atoms with Gasteiger partial charge in [0.05, 0.1) is 6.26 Å². The maximum absolute atomic E-state index is 5.23. The van der Waals surface area contributed by atoms with Crippen LogP contribution in [0.2, 0.25) is 0 Å². The number of H-pyrrole nitrogens is 1. The first kappa shape index (κ1) is 9.15. The maximum atomic E-state index is 5.23. The molecule has 14 heavy (non-hydrogen) atoms. The minimum atomic E-state index is 0.618. The number of rotatable bonds is 1. The van der Waals surface area contributed by atoms with Crippen molar-refractivity contribution in [3.63, 3.8) is 0 Å². The van der Waals surface area contributed by atoms with Crippen molar-refractivity contribution in [2.24, 2.45) is 0 Å². The number of hydrogen-bond acceptors (Lipinski definition) is 3. The second-order valence-electron chi connectivity index (χ2n) is 3.12. The average Bonchev–Trinajstić information content (AvgIpc) is 2.66. The van der Waals surface area contributed by atoms with Gasteiger partial charge < -0.3 is 9.40 Å². The van der Waals surface area contributed by atoms with Gasteiger partial charge in [-0.15, -0.1) is 0 Å². The van der Waals surface area contributed by atoms with Crippen molar-refractivity contribution >= 4 is 12.2 Å². The number of furan rings is 1. The van der Waals surface area contributed by atoms with Crippen LogP contribution in [0.4, 0.5) is 0 Å². The first-order chi connectivity index (χ1) is 6.68. The molecule has 0 saturated heterocycles. The molecule has 0 atom stereocenters. The molecule has 2 heterocycles. The van der Waals surface area contributed by atoms with Gasteiger partial charge in [0.2, 0.25) is 0 Å². The Balaban J connectivity index is 2.63. The molecule has 0 bridgehead atoms. The maximum Gasteiger partial charge on any atom is 0.175 e. The molecule has 0 aliphatic carbocycles. The summed E-state index contributed by atoms with van der Waals surface area (Å²) >= 11 is 5.13.